The van der Waals surface area contributed by atoms with Gasteiger partial charge in [0.25, 0.3) is 0 Å². The maximum absolute atomic E-state index is 13.3. The van der Waals surface area contributed by atoms with Crippen molar-refractivity contribution in [2.75, 3.05) is 6.61 Å². The van der Waals surface area contributed by atoms with Crippen LogP contribution in [0.3, 0.4) is 0 Å². The van der Waals surface area contributed by atoms with Crippen LogP contribution in [-0.4, -0.2) is 28.2 Å². The fraction of sp³-hybridized carbons (Fsp3) is 0.154. The summed E-state index contributed by atoms with van der Waals surface area (Å²) in [6.07, 6.45) is -0.0827. The summed E-state index contributed by atoms with van der Waals surface area (Å²) in [4.78, 5) is 24.5. The normalized spacial score (nSPS) is 14.8. The van der Waals surface area contributed by atoms with Crippen molar-refractivity contribution < 1.29 is 44.1 Å². The number of aryl methyl sites for hydroxylation is 1. The first-order chi connectivity index (χ1) is 16.0. The zero-order valence-corrected chi connectivity index (χ0v) is 20.0. The molecule has 0 aliphatic carbocycles. The van der Waals surface area contributed by atoms with Crippen LogP contribution in [0, 0.1) is 6.92 Å². The second-order valence-electron chi connectivity index (χ2n) is 7.85. The number of benzene rings is 3. The van der Waals surface area contributed by atoms with Crippen LogP contribution in [0.5, 0.6) is 11.5 Å². The van der Waals surface area contributed by atoms with E-state index in [2.05, 4.69) is 6.07 Å². The molecule has 1 aliphatic heterocycles. The first kappa shape index (κ1) is 21.5. The number of carboxylic acid groups (broad SMARTS) is 1. The second-order valence-corrected chi connectivity index (χ2v) is 10.3. The van der Waals surface area contributed by atoms with Gasteiger partial charge < -0.3 is 5.11 Å². The summed E-state index contributed by atoms with van der Waals surface area (Å²) in [5.41, 5.74) is 3.91. The predicted molar refractivity (Wildman–Crippen MR) is 119 cm³/mol. The van der Waals surface area contributed by atoms with E-state index in [-0.39, 0.29) is 16.3 Å². The molecule has 0 saturated carbocycles. The van der Waals surface area contributed by atoms with Crippen LogP contribution in [0.2, 0.25) is 0 Å². The monoisotopic (exact) mass is 554 g/mol. The molecule has 2 heterocycles. The van der Waals surface area contributed by atoms with Crippen molar-refractivity contribution in [1.29, 1.82) is 0 Å². The molecule has 0 radical (unpaired) electrons. The number of hydrogen-bond donors (Lipinski definition) is 1. The third-order valence-corrected chi connectivity index (χ3v) is 8.06. The molecule has 0 saturated heterocycles. The van der Waals surface area contributed by atoms with Crippen molar-refractivity contribution in [2.24, 2.45) is 0 Å². The van der Waals surface area contributed by atoms with Gasteiger partial charge in [0.05, 0.1) is 0 Å². The van der Waals surface area contributed by atoms with Crippen molar-refractivity contribution in [3.63, 3.8) is 0 Å². The third kappa shape index (κ3) is 4.20. The van der Waals surface area contributed by atoms with Crippen LogP contribution < -0.4 is 29.4 Å². The topological polar surface area (TPSA) is 77.8 Å². The second kappa shape index (κ2) is 8.90. The van der Waals surface area contributed by atoms with Gasteiger partial charge in [0.1, 0.15) is 0 Å². The molecule has 7 heteroatoms. The average Bonchev–Trinajstić information content (AvgIpc) is 3.38. The summed E-state index contributed by atoms with van der Waals surface area (Å²) in [6.45, 7) is 2.50. The van der Waals surface area contributed by atoms with Gasteiger partial charge in [0, 0.05) is 0 Å². The van der Waals surface area contributed by atoms with Crippen LogP contribution in [0.25, 0.3) is 10.9 Å². The minimum atomic E-state index is -0.898. The van der Waals surface area contributed by atoms with Gasteiger partial charge in [-0.25, -0.2) is 0 Å². The molecule has 0 fully saturated rings. The Hall–Kier alpha value is -3.33. The molecule has 0 amide bonds. The van der Waals surface area contributed by atoms with Crippen LogP contribution in [0.1, 0.15) is 31.1 Å². The molecule has 3 aromatic carbocycles. The number of ether oxygens (including phenoxy) is 1. The molecular formula is C26H21INO5-. The average molecular weight is 554 g/mol. The van der Waals surface area contributed by atoms with Crippen LogP contribution in [0.4, 0.5) is 0 Å². The van der Waals surface area contributed by atoms with E-state index in [1.165, 1.54) is 5.56 Å². The molecule has 33 heavy (non-hydrogen) atoms. The molecule has 5 rings (SSSR count). The standard InChI is InChI=1S/C26H21INO5/c1-16-13-21-18(14-25(29)30)5-4-7-23(21)28(16)26(31)17-9-11-19(12-10-17)33-27-22-15-32-24-8-3-2-6-20(22)24/h2-13,22H,14-15H2,1H3,(H,29,30)/q-1/t22-/m0/s1. The molecule has 6 nitrogen and oxygen atoms in total. The quantitative estimate of drug-likeness (QED) is 0.291. The van der Waals surface area contributed by atoms with E-state index in [0.29, 0.717) is 23.3 Å². The van der Waals surface area contributed by atoms with E-state index in [1.54, 1.807) is 28.8 Å². The molecule has 0 spiro atoms. The number of hydrogen-bond acceptors (Lipinski definition) is 4. The van der Waals surface area contributed by atoms with Crippen molar-refractivity contribution in [3.8, 4) is 11.5 Å². The number of aliphatic carboxylic acids is 1. The number of aromatic nitrogens is 1. The Labute approximate surface area is 201 Å². The Kier molecular flexibility index (Phi) is 5.80. The maximum atomic E-state index is 13.3. The molecule has 0 bridgehead atoms. The Morgan fingerprint density at radius 3 is 2.67 bits per heavy atom. The molecule has 1 atom stereocenters. The molecule has 1 N–H and O–H groups in total. The van der Waals surface area contributed by atoms with Crippen LogP contribution in [0.15, 0.2) is 72.8 Å². The Balaban J connectivity index is 1.34. The van der Waals surface area contributed by atoms with Gasteiger partial charge >= 0.3 is 192 Å². The molecule has 1 aliphatic rings. The van der Waals surface area contributed by atoms with Gasteiger partial charge in [-0.05, 0) is 0 Å². The number of nitrogens with zero attached hydrogens (tertiary/aromatic N) is 1. The first-order valence-corrected chi connectivity index (χ1v) is 12.6. The molecule has 4 aromatic rings. The van der Waals surface area contributed by atoms with Crippen LogP contribution >= 0.6 is 0 Å². The summed E-state index contributed by atoms with van der Waals surface area (Å²) in [5, 5.41) is 9.97. The van der Waals surface area contributed by atoms with Gasteiger partial charge in [0.2, 0.25) is 0 Å². The Morgan fingerprint density at radius 2 is 1.88 bits per heavy atom. The number of rotatable bonds is 6. The van der Waals surface area contributed by atoms with Gasteiger partial charge in [-0.3, -0.25) is 4.79 Å². The first-order valence-electron chi connectivity index (χ1n) is 10.5. The fourth-order valence-corrected chi connectivity index (χ4v) is 6.10. The Morgan fingerprint density at radius 1 is 1.09 bits per heavy atom. The van der Waals surface area contributed by atoms with Gasteiger partial charge in [0.15, 0.2) is 0 Å². The molecule has 1 aromatic heterocycles. The van der Waals surface area contributed by atoms with E-state index in [1.807, 2.05) is 49.4 Å². The minimum absolute atomic E-state index is 0.0827. The molecular weight excluding hydrogens is 533 g/mol. The van der Waals surface area contributed by atoms with E-state index < -0.39 is 27.6 Å². The van der Waals surface area contributed by atoms with Gasteiger partial charge in [-0.1, -0.05) is 0 Å². The number of carbonyl (C=O) groups is 2. The molecule has 0 unspecified atom stereocenters. The fourth-order valence-electron chi connectivity index (χ4n) is 4.09. The van der Waals surface area contributed by atoms with Crippen molar-refractivity contribution >= 4 is 22.8 Å². The number of para-hydroxylation sites is 1. The number of alkyl halides is 1. The third-order valence-electron chi connectivity index (χ3n) is 5.65. The van der Waals surface area contributed by atoms with Gasteiger partial charge in [-0.15, -0.1) is 0 Å². The SMILES string of the molecule is Cc1cc2c(CC(=O)O)cccc2n1C(=O)c1ccc(O[I-][C@H]2COc3ccccc32)cc1. The van der Waals surface area contributed by atoms with E-state index in [4.69, 9.17) is 7.80 Å². The summed E-state index contributed by atoms with van der Waals surface area (Å²) in [7, 11) is 0. The van der Waals surface area contributed by atoms with Gasteiger partial charge in [-0.2, -0.15) is 0 Å². The number of carbonyl (C=O) groups excluding carboxylic acids is 1. The number of halogens is 1. The molecule has 168 valence electrons. The van der Waals surface area contributed by atoms with Crippen molar-refractivity contribution in [2.45, 2.75) is 17.3 Å². The Bertz CT molecular complexity index is 1360. The predicted octanol–water partition coefficient (Wildman–Crippen LogP) is 1.78. The zero-order chi connectivity index (χ0) is 22.9. The van der Waals surface area contributed by atoms with Crippen LogP contribution in [-0.2, 0) is 11.2 Å². The van der Waals surface area contributed by atoms with E-state index in [0.717, 1.165) is 22.6 Å². The summed E-state index contributed by atoms with van der Waals surface area (Å²) in [5.74, 6) is 0.619. The van der Waals surface area contributed by atoms with Crippen molar-refractivity contribution in [3.05, 3.63) is 95.2 Å². The number of carboxylic acids is 1. The van der Waals surface area contributed by atoms with E-state index >= 15 is 0 Å². The zero-order valence-electron chi connectivity index (χ0n) is 17.8. The number of fused-ring (bicyclic) bond motifs is 2. The summed E-state index contributed by atoms with van der Waals surface area (Å²) in [6, 6.07) is 22.5. The summed E-state index contributed by atoms with van der Waals surface area (Å²) < 4.78 is 13.7. The van der Waals surface area contributed by atoms with Crippen molar-refractivity contribution in [1.82, 2.24) is 4.57 Å². The summed E-state index contributed by atoms with van der Waals surface area (Å²) >= 11 is -0.613. The van der Waals surface area contributed by atoms with E-state index in [9.17, 15) is 14.7 Å².